The van der Waals surface area contributed by atoms with E-state index in [4.69, 9.17) is 28.9 Å². The number of halogens is 5. The molecule has 0 saturated carbocycles. The molecule has 0 fully saturated rings. The number of fused-ring (bicyclic) bond motifs is 1. The Hall–Kier alpha value is -2.84. The second-order valence-corrected chi connectivity index (χ2v) is 6.71. The number of benzene rings is 2. The van der Waals surface area contributed by atoms with Crippen molar-refractivity contribution in [3.8, 4) is 22.9 Å². The van der Waals surface area contributed by atoms with Crippen LogP contribution in [-0.4, -0.2) is 19.5 Å². The minimum absolute atomic E-state index is 0.0539. The van der Waals surface area contributed by atoms with Gasteiger partial charge in [0.25, 0.3) is 0 Å². The second kappa shape index (κ2) is 6.96. The summed E-state index contributed by atoms with van der Waals surface area (Å²) >= 11 is 12.4. The van der Waals surface area contributed by atoms with Gasteiger partial charge in [-0.3, -0.25) is 0 Å². The van der Waals surface area contributed by atoms with E-state index >= 15 is 0 Å². The van der Waals surface area contributed by atoms with Crippen LogP contribution in [0.4, 0.5) is 19.0 Å². The van der Waals surface area contributed by atoms with Crippen LogP contribution in [0.15, 0.2) is 36.7 Å². The van der Waals surface area contributed by atoms with Gasteiger partial charge in [0, 0.05) is 15.6 Å². The second-order valence-electron chi connectivity index (χ2n) is 5.90. The van der Waals surface area contributed by atoms with E-state index in [0.29, 0.717) is 15.6 Å². The normalized spacial score (nSPS) is 11.3. The molecule has 28 heavy (non-hydrogen) atoms. The number of anilines is 1. The molecule has 0 radical (unpaired) electrons. The van der Waals surface area contributed by atoms with Crippen molar-refractivity contribution in [1.82, 2.24) is 19.5 Å². The van der Waals surface area contributed by atoms with Crippen molar-refractivity contribution in [2.24, 2.45) is 0 Å². The Bertz CT molecular complexity index is 1160. The molecule has 0 aromatic heterocycles. The maximum Gasteiger partial charge on any atom is 0.195 e. The maximum atomic E-state index is 14.1. The van der Waals surface area contributed by atoms with Gasteiger partial charge in [0.15, 0.2) is 40.6 Å². The molecule has 0 bridgehead atoms. The summed E-state index contributed by atoms with van der Waals surface area (Å²) in [4.78, 5) is 12.4. The predicted octanol–water partition coefficient (Wildman–Crippen LogP) is 4.80. The molecule has 142 valence electrons. The minimum Gasteiger partial charge on any atom is -0.382 e. The van der Waals surface area contributed by atoms with Gasteiger partial charge in [-0.1, -0.05) is 29.3 Å². The van der Waals surface area contributed by atoms with E-state index < -0.39 is 17.5 Å². The molecule has 0 aliphatic carbocycles. The molecule has 2 heterocycles. The van der Waals surface area contributed by atoms with Gasteiger partial charge < -0.3 is 10.3 Å². The zero-order chi connectivity index (χ0) is 20.0. The van der Waals surface area contributed by atoms with Crippen molar-refractivity contribution >= 4 is 29.0 Å². The van der Waals surface area contributed by atoms with Crippen molar-refractivity contribution in [3.63, 3.8) is 0 Å². The minimum atomic E-state index is -1.60. The Morgan fingerprint density at radius 1 is 0.964 bits per heavy atom. The highest BCUT2D eigenvalue weighted by Crippen LogP contribution is 2.32. The van der Waals surface area contributed by atoms with Crippen molar-refractivity contribution < 1.29 is 13.2 Å². The van der Waals surface area contributed by atoms with E-state index in [1.165, 1.54) is 6.33 Å². The lowest BCUT2D eigenvalue weighted by Crippen LogP contribution is -2.09. The van der Waals surface area contributed by atoms with Crippen molar-refractivity contribution in [2.75, 3.05) is 5.73 Å². The molecule has 4 rings (SSSR count). The molecule has 0 atom stereocenters. The Kier molecular flexibility index (Phi) is 4.60. The third kappa shape index (κ3) is 3.04. The van der Waals surface area contributed by atoms with Gasteiger partial charge >= 0.3 is 0 Å². The fraction of sp³-hybridized carbons (Fsp3) is 0.0556. The van der Waals surface area contributed by atoms with Crippen LogP contribution < -0.4 is 5.73 Å². The van der Waals surface area contributed by atoms with E-state index in [0.717, 1.165) is 12.1 Å². The molecule has 2 aliphatic rings. The average molecular weight is 424 g/mol. The summed E-state index contributed by atoms with van der Waals surface area (Å²) in [5, 5.41) is 0.882. The summed E-state index contributed by atoms with van der Waals surface area (Å²) in [6.07, 6.45) is 1.41. The zero-order valence-corrected chi connectivity index (χ0v) is 15.4. The van der Waals surface area contributed by atoms with Gasteiger partial charge in [-0.25, -0.2) is 28.1 Å². The van der Waals surface area contributed by atoms with Crippen LogP contribution in [-0.2, 0) is 6.54 Å². The highest BCUT2D eigenvalue weighted by Gasteiger charge is 2.24. The smallest absolute Gasteiger partial charge is 0.195 e. The van der Waals surface area contributed by atoms with Gasteiger partial charge in [0.1, 0.15) is 0 Å². The molecular weight excluding hydrogens is 414 g/mol. The van der Waals surface area contributed by atoms with Crippen LogP contribution in [0.5, 0.6) is 0 Å². The van der Waals surface area contributed by atoms with Crippen LogP contribution >= 0.6 is 23.2 Å². The number of aromatic nitrogens is 4. The van der Waals surface area contributed by atoms with Gasteiger partial charge in [-0.15, -0.1) is 0 Å². The summed E-state index contributed by atoms with van der Waals surface area (Å²) in [6, 6.07) is 6.94. The first-order chi connectivity index (χ1) is 13.4. The summed E-state index contributed by atoms with van der Waals surface area (Å²) in [5.74, 6) is -4.12. The Morgan fingerprint density at radius 2 is 1.68 bits per heavy atom. The standard InChI is InChI=1S/C18H10Cl2F3N5/c19-10-2-1-3-11(20)9(10)6-28-7-25-16(24)15-18(28)27-17(26-15)8-4-5-12(21)14(23)13(8)22/h1-5,7H,6,24H2. The highest BCUT2D eigenvalue weighted by atomic mass is 35.5. The number of hydrogen-bond donors (Lipinski definition) is 1. The average Bonchev–Trinajstić information content (AvgIpc) is 3.11. The molecule has 10 heteroatoms. The fourth-order valence-electron chi connectivity index (χ4n) is 2.74. The van der Waals surface area contributed by atoms with Crippen molar-refractivity contribution in [1.29, 1.82) is 0 Å². The first-order valence-electron chi connectivity index (χ1n) is 7.92. The van der Waals surface area contributed by atoms with Gasteiger partial charge in [-0.2, -0.15) is 0 Å². The molecular formula is C18H10Cl2F3N5. The van der Waals surface area contributed by atoms with E-state index in [1.54, 1.807) is 22.8 Å². The predicted molar refractivity (Wildman–Crippen MR) is 99.7 cm³/mol. The van der Waals surface area contributed by atoms with Gasteiger partial charge in [-0.05, 0) is 24.3 Å². The monoisotopic (exact) mass is 423 g/mol. The quantitative estimate of drug-likeness (QED) is 0.480. The van der Waals surface area contributed by atoms with Gasteiger partial charge in [0.2, 0.25) is 0 Å². The number of nitrogens with zero attached hydrogens (tertiary/aromatic N) is 4. The highest BCUT2D eigenvalue weighted by molar-refractivity contribution is 6.36. The fourth-order valence-corrected chi connectivity index (χ4v) is 3.26. The number of nitrogens with two attached hydrogens (primary N) is 1. The first-order valence-corrected chi connectivity index (χ1v) is 8.67. The summed E-state index contributed by atoms with van der Waals surface area (Å²) < 4.78 is 42.5. The largest absolute Gasteiger partial charge is 0.382 e. The molecule has 2 aromatic rings. The molecule has 5 nitrogen and oxygen atoms in total. The molecule has 0 unspecified atom stereocenters. The van der Waals surface area contributed by atoms with E-state index in [9.17, 15) is 13.2 Å². The SMILES string of the molecule is Nc1ncn(Cc2c(Cl)cccc2Cl)c2nc(-c3ccc(F)c(F)c3F)nc1-2. The first kappa shape index (κ1) is 18.5. The molecule has 0 saturated heterocycles. The lowest BCUT2D eigenvalue weighted by atomic mass is 10.2. The number of nitrogen functional groups attached to an aromatic ring is 1. The summed E-state index contributed by atoms with van der Waals surface area (Å²) in [7, 11) is 0. The topological polar surface area (TPSA) is 69.6 Å². The number of imidazole rings is 1. The number of hydrogen-bond acceptors (Lipinski definition) is 4. The number of rotatable bonds is 3. The van der Waals surface area contributed by atoms with Crippen LogP contribution in [0, 0.1) is 17.5 Å². The van der Waals surface area contributed by atoms with Crippen molar-refractivity contribution in [3.05, 3.63) is 69.7 Å². The van der Waals surface area contributed by atoms with Crippen LogP contribution in [0.25, 0.3) is 22.9 Å². The summed E-state index contributed by atoms with van der Waals surface area (Å²) in [6.45, 7) is 0.195. The van der Waals surface area contributed by atoms with Crippen LogP contribution in [0.1, 0.15) is 5.56 Å². The van der Waals surface area contributed by atoms with Gasteiger partial charge in [0.05, 0.1) is 18.4 Å². The molecule has 2 aromatic carbocycles. The van der Waals surface area contributed by atoms with E-state index in [1.807, 2.05) is 0 Å². The van der Waals surface area contributed by atoms with E-state index in [2.05, 4.69) is 15.0 Å². The third-order valence-corrected chi connectivity index (χ3v) is 4.87. The Balaban J connectivity index is 1.86. The zero-order valence-electron chi connectivity index (χ0n) is 13.9. The molecule has 2 aliphatic heterocycles. The molecule has 0 spiro atoms. The maximum absolute atomic E-state index is 14.1. The van der Waals surface area contributed by atoms with Crippen molar-refractivity contribution in [2.45, 2.75) is 6.54 Å². The Labute approximate surface area is 166 Å². The lowest BCUT2D eigenvalue weighted by molar-refractivity contribution is 0.448. The Morgan fingerprint density at radius 3 is 2.39 bits per heavy atom. The van der Waals surface area contributed by atoms with E-state index in [-0.39, 0.29) is 35.3 Å². The summed E-state index contributed by atoms with van der Waals surface area (Å²) in [5.41, 5.74) is 6.36. The third-order valence-electron chi connectivity index (χ3n) is 4.16. The molecule has 0 amide bonds. The lowest BCUT2D eigenvalue weighted by Gasteiger charge is -2.13. The van der Waals surface area contributed by atoms with Crippen LogP contribution in [0.2, 0.25) is 10.0 Å². The molecule has 2 N–H and O–H groups in total. The van der Waals surface area contributed by atoms with Crippen LogP contribution in [0.3, 0.4) is 0 Å².